The van der Waals surface area contributed by atoms with E-state index in [9.17, 15) is 0 Å². The number of nitrogens with two attached hydrogens (primary N) is 1. The van der Waals surface area contributed by atoms with E-state index in [1.807, 2.05) is 0 Å². The highest BCUT2D eigenvalue weighted by atomic mass is 79.9. The minimum absolute atomic E-state index is 0.185. The molecule has 1 unspecified atom stereocenters. The number of anilines is 1. The lowest BCUT2D eigenvalue weighted by atomic mass is 10.0. The van der Waals surface area contributed by atoms with Crippen LogP contribution in [0.1, 0.15) is 18.9 Å². The summed E-state index contributed by atoms with van der Waals surface area (Å²) in [5.41, 5.74) is 8.63. The Hall–Kier alpha value is -0.620. The maximum absolute atomic E-state index is 6.14. The number of hydrogen-bond acceptors (Lipinski definition) is 4. The Morgan fingerprint density at radius 2 is 1.81 bits per heavy atom. The Morgan fingerprint density at radius 1 is 1.19 bits per heavy atom. The molecule has 0 aliphatic rings. The van der Waals surface area contributed by atoms with Gasteiger partial charge >= 0.3 is 0 Å². The van der Waals surface area contributed by atoms with E-state index in [0.29, 0.717) is 13.2 Å². The molecule has 1 rings (SSSR count). The van der Waals surface area contributed by atoms with Gasteiger partial charge in [-0.3, -0.25) is 0 Å². The van der Waals surface area contributed by atoms with E-state index < -0.39 is 0 Å². The third-order valence-electron chi connectivity index (χ3n) is 3.52. The molecule has 5 heteroatoms. The maximum atomic E-state index is 6.14. The van der Waals surface area contributed by atoms with Crippen LogP contribution in [-0.4, -0.2) is 46.6 Å². The molecule has 0 amide bonds. The minimum Gasteiger partial charge on any atom is -0.383 e. The van der Waals surface area contributed by atoms with E-state index >= 15 is 0 Å². The number of benzene rings is 1. The molecule has 0 saturated heterocycles. The molecule has 4 nitrogen and oxygen atoms in total. The molecule has 0 heterocycles. The van der Waals surface area contributed by atoms with Crippen LogP contribution in [-0.2, 0) is 15.9 Å². The Morgan fingerprint density at radius 3 is 2.33 bits per heavy atom. The Bertz CT molecular complexity index is 407. The second kappa shape index (κ2) is 10.2. The molecule has 21 heavy (non-hydrogen) atoms. The lowest BCUT2D eigenvalue weighted by molar-refractivity contribution is 0.190. The van der Waals surface area contributed by atoms with Crippen LogP contribution in [0.4, 0.5) is 5.69 Å². The predicted molar refractivity (Wildman–Crippen MR) is 92.1 cm³/mol. The van der Waals surface area contributed by atoms with Crippen molar-refractivity contribution in [3.8, 4) is 0 Å². The number of ether oxygens (including phenoxy) is 2. The summed E-state index contributed by atoms with van der Waals surface area (Å²) in [5.74, 6) is 0. The van der Waals surface area contributed by atoms with Crippen LogP contribution in [0.25, 0.3) is 0 Å². The molecule has 1 aromatic rings. The van der Waals surface area contributed by atoms with Crippen LogP contribution in [0, 0.1) is 0 Å². The zero-order valence-corrected chi connectivity index (χ0v) is 14.9. The summed E-state index contributed by atoms with van der Waals surface area (Å²) < 4.78 is 11.5. The van der Waals surface area contributed by atoms with Crippen LogP contribution in [0.3, 0.4) is 0 Å². The minimum atomic E-state index is 0.185. The van der Waals surface area contributed by atoms with Crippen molar-refractivity contribution < 1.29 is 9.47 Å². The number of nitrogens with zero attached hydrogens (tertiary/aromatic N) is 1. The van der Waals surface area contributed by atoms with Crippen molar-refractivity contribution >= 4 is 21.6 Å². The second-order valence-electron chi connectivity index (χ2n) is 5.12. The standard InChI is InChI=1S/C16H27BrN2O2/c1-4-15(18)12-13-11-14(17)5-6-16(13)19(7-9-20-2)8-10-21-3/h5-6,11,15H,4,7-10,12,18H2,1-3H3. The summed E-state index contributed by atoms with van der Waals surface area (Å²) in [6, 6.07) is 6.57. The summed E-state index contributed by atoms with van der Waals surface area (Å²) in [6.07, 6.45) is 1.85. The fourth-order valence-corrected chi connectivity index (χ4v) is 2.62. The number of halogens is 1. The fourth-order valence-electron chi connectivity index (χ4n) is 2.21. The molecule has 0 spiro atoms. The van der Waals surface area contributed by atoms with Crippen molar-refractivity contribution in [2.75, 3.05) is 45.4 Å². The highest BCUT2D eigenvalue weighted by molar-refractivity contribution is 9.10. The molecular weight excluding hydrogens is 332 g/mol. The smallest absolute Gasteiger partial charge is 0.0637 e. The highest BCUT2D eigenvalue weighted by Gasteiger charge is 2.13. The normalized spacial score (nSPS) is 12.4. The molecular formula is C16H27BrN2O2. The topological polar surface area (TPSA) is 47.7 Å². The number of hydrogen-bond donors (Lipinski definition) is 1. The van der Waals surface area contributed by atoms with Gasteiger partial charge < -0.3 is 20.1 Å². The van der Waals surface area contributed by atoms with Gasteiger partial charge in [-0.05, 0) is 36.6 Å². The fraction of sp³-hybridized carbons (Fsp3) is 0.625. The van der Waals surface area contributed by atoms with Crippen molar-refractivity contribution in [2.24, 2.45) is 5.73 Å². The molecule has 2 N–H and O–H groups in total. The summed E-state index contributed by atoms with van der Waals surface area (Å²) >= 11 is 3.55. The summed E-state index contributed by atoms with van der Waals surface area (Å²) in [4.78, 5) is 2.30. The first kappa shape index (κ1) is 18.4. The zero-order chi connectivity index (χ0) is 15.7. The molecule has 0 aliphatic heterocycles. The lowest BCUT2D eigenvalue weighted by Crippen LogP contribution is -2.32. The van der Waals surface area contributed by atoms with Crippen molar-refractivity contribution in [3.63, 3.8) is 0 Å². The van der Waals surface area contributed by atoms with Gasteiger partial charge in [0, 0.05) is 43.5 Å². The molecule has 0 saturated carbocycles. The molecule has 0 aromatic heterocycles. The Labute approximate surface area is 136 Å². The van der Waals surface area contributed by atoms with Crippen molar-refractivity contribution in [1.82, 2.24) is 0 Å². The van der Waals surface area contributed by atoms with Gasteiger partial charge in [0.1, 0.15) is 0 Å². The summed E-state index contributed by atoms with van der Waals surface area (Å²) in [7, 11) is 3.45. The van der Waals surface area contributed by atoms with Crippen molar-refractivity contribution in [1.29, 1.82) is 0 Å². The van der Waals surface area contributed by atoms with E-state index in [0.717, 1.165) is 30.4 Å². The average molecular weight is 359 g/mol. The number of rotatable bonds is 10. The molecule has 1 atom stereocenters. The van der Waals surface area contributed by atoms with E-state index in [1.54, 1.807) is 14.2 Å². The van der Waals surface area contributed by atoms with Gasteiger partial charge in [-0.1, -0.05) is 22.9 Å². The van der Waals surface area contributed by atoms with E-state index in [2.05, 4.69) is 46.0 Å². The van der Waals surface area contributed by atoms with Crippen molar-refractivity contribution in [2.45, 2.75) is 25.8 Å². The van der Waals surface area contributed by atoms with E-state index in [1.165, 1.54) is 11.3 Å². The van der Waals surface area contributed by atoms with Crippen LogP contribution < -0.4 is 10.6 Å². The van der Waals surface area contributed by atoms with Crippen LogP contribution in [0.15, 0.2) is 22.7 Å². The summed E-state index contributed by atoms with van der Waals surface area (Å²) in [5, 5.41) is 0. The Kier molecular flexibility index (Phi) is 8.92. The van der Waals surface area contributed by atoms with Gasteiger partial charge in [0.15, 0.2) is 0 Å². The molecule has 1 aromatic carbocycles. The Balaban J connectivity index is 2.97. The maximum Gasteiger partial charge on any atom is 0.0637 e. The number of methoxy groups -OCH3 is 2. The molecule has 0 fully saturated rings. The zero-order valence-electron chi connectivity index (χ0n) is 13.3. The quantitative estimate of drug-likeness (QED) is 0.698. The van der Waals surface area contributed by atoms with Crippen molar-refractivity contribution in [3.05, 3.63) is 28.2 Å². The largest absolute Gasteiger partial charge is 0.383 e. The first-order valence-corrected chi connectivity index (χ1v) is 8.18. The second-order valence-corrected chi connectivity index (χ2v) is 6.03. The van der Waals surface area contributed by atoms with Gasteiger partial charge in [-0.2, -0.15) is 0 Å². The first-order valence-electron chi connectivity index (χ1n) is 7.39. The monoisotopic (exact) mass is 358 g/mol. The van der Waals surface area contributed by atoms with Crippen LogP contribution in [0.5, 0.6) is 0 Å². The van der Waals surface area contributed by atoms with E-state index in [-0.39, 0.29) is 6.04 Å². The van der Waals surface area contributed by atoms with Crippen LogP contribution >= 0.6 is 15.9 Å². The van der Waals surface area contributed by atoms with Gasteiger partial charge in [-0.15, -0.1) is 0 Å². The van der Waals surface area contributed by atoms with E-state index in [4.69, 9.17) is 15.2 Å². The third-order valence-corrected chi connectivity index (χ3v) is 4.01. The summed E-state index contributed by atoms with van der Waals surface area (Å²) in [6.45, 7) is 5.19. The predicted octanol–water partition coefficient (Wildman–Crippen LogP) is 2.83. The first-order chi connectivity index (χ1) is 10.1. The average Bonchev–Trinajstić information content (AvgIpc) is 2.48. The van der Waals surface area contributed by atoms with Gasteiger partial charge in [0.25, 0.3) is 0 Å². The SMILES string of the molecule is CCC(N)Cc1cc(Br)ccc1N(CCOC)CCOC. The molecule has 120 valence electrons. The molecule has 0 radical (unpaired) electrons. The molecule has 0 bridgehead atoms. The highest BCUT2D eigenvalue weighted by Crippen LogP contribution is 2.26. The van der Waals surface area contributed by atoms with Crippen LogP contribution in [0.2, 0.25) is 0 Å². The molecule has 0 aliphatic carbocycles. The van der Waals surface area contributed by atoms with Gasteiger partial charge in [0.2, 0.25) is 0 Å². The lowest BCUT2D eigenvalue weighted by Gasteiger charge is -2.27. The van der Waals surface area contributed by atoms with Gasteiger partial charge in [-0.25, -0.2) is 0 Å². The van der Waals surface area contributed by atoms with Gasteiger partial charge in [0.05, 0.1) is 13.2 Å². The third kappa shape index (κ3) is 6.34.